The Morgan fingerprint density at radius 1 is 1.36 bits per heavy atom. The minimum absolute atomic E-state index is 0.00258. The second-order valence-electron chi connectivity index (χ2n) is 5.34. The fraction of sp³-hybridized carbons (Fsp3) is 0.375. The van der Waals surface area contributed by atoms with Crippen LogP contribution in [0.5, 0.6) is 0 Å². The lowest BCUT2D eigenvalue weighted by Crippen LogP contribution is -2.33. The minimum Gasteiger partial charge on any atom is -0.353 e. The predicted octanol–water partition coefficient (Wildman–Crippen LogP) is 3.59. The minimum atomic E-state index is -0.328. The summed E-state index contributed by atoms with van der Waals surface area (Å²) >= 11 is 8.55. The van der Waals surface area contributed by atoms with Gasteiger partial charge in [-0.05, 0) is 31.5 Å². The molecule has 0 aliphatic heterocycles. The first kappa shape index (κ1) is 19.7. The van der Waals surface area contributed by atoms with Crippen molar-refractivity contribution < 1.29 is 9.59 Å². The zero-order valence-electron chi connectivity index (χ0n) is 13.9. The van der Waals surface area contributed by atoms with Crippen LogP contribution in [-0.4, -0.2) is 33.8 Å². The van der Waals surface area contributed by atoms with Crippen LogP contribution in [0.1, 0.15) is 35.1 Å². The summed E-state index contributed by atoms with van der Waals surface area (Å²) in [5, 5.41) is 15.1. The molecule has 0 spiro atoms. The van der Waals surface area contributed by atoms with E-state index in [0.29, 0.717) is 27.2 Å². The van der Waals surface area contributed by atoms with Crippen LogP contribution in [-0.2, 0) is 10.5 Å². The van der Waals surface area contributed by atoms with Crippen molar-refractivity contribution in [3.05, 3.63) is 39.3 Å². The molecule has 1 heterocycles. The number of halogens is 1. The second kappa shape index (κ2) is 9.74. The Morgan fingerprint density at radius 2 is 2.16 bits per heavy atom. The van der Waals surface area contributed by atoms with E-state index >= 15 is 0 Å². The van der Waals surface area contributed by atoms with Crippen LogP contribution in [0.25, 0.3) is 0 Å². The van der Waals surface area contributed by atoms with Crippen LogP contribution in [0.4, 0.5) is 5.69 Å². The fourth-order valence-corrected chi connectivity index (χ4v) is 3.61. The van der Waals surface area contributed by atoms with Crippen molar-refractivity contribution in [2.24, 2.45) is 0 Å². The molecular formula is C16H19ClN4O2S2. The maximum Gasteiger partial charge on any atom is 0.286 e. The van der Waals surface area contributed by atoms with Gasteiger partial charge >= 0.3 is 0 Å². The topological polar surface area (TPSA) is 84.0 Å². The van der Waals surface area contributed by atoms with E-state index in [4.69, 9.17) is 11.6 Å². The molecule has 1 atom stereocenters. The van der Waals surface area contributed by atoms with E-state index in [2.05, 4.69) is 20.8 Å². The number of thioether (sulfide) groups is 1. The number of benzene rings is 1. The number of aromatic nitrogens is 2. The van der Waals surface area contributed by atoms with Crippen LogP contribution >= 0.6 is 34.7 Å². The highest BCUT2D eigenvalue weighted by Gasteiger charge is 2.14. The van der Waals surface area contributed by atoms with Gasteiger partial charge in [-0.25, -0.2) is 0 Å². The van der Waals surface area contributed by atoms with Gasteiger partial charge in [0.2, 0.25) is 10.9 Å². The molecule has 1 aromatic carbocycles. The summed E-state index contributed by atoms with van der Waals surface area (Å²) in [5.74, 6) is 0.567. The van der Waals surface area contributed by atoms with Crippen molar-refractivity contribution in [2.45, 2.75) is 32.1 Å². The van der Waals surface area contributed by atoms with Crippen molar-refractivity contribution in [1.29, 1.82) is 0 Å². The number of nitrogens with one attached hydrogen (secondary N) is 2. The molecule has 2 aromatic rings. The predicted molar refractivity (Wildman–Crippen MR) is 103 cm³/mol. The van der Waals surface area contributed by atoms with E-state index in [9.17, 15) is 9.59 Å². The van der Waals surface area contributed by atoms with Gasteiger partial charge < -0.3 is 10.6 Å². The van der Waals surface area contributed by atoms with E-state index < -0.39 is 0 Å². The number of carbonyl (C=O) groups is 2. The van der Waals surface area contributed by atoms with Crippen molar-refractivity contribution in [3.8, 4) is 0 Å². The smallest absolute Gasteiger partial charge is 0.286 e. The van der Waals surface area contributed by atoms with Crippen molar-refractivity contribution >= 4 is 52.2 Å². The fourth-order valence-electron chi connectivity index (χ4n) is 1.80. The number of nitrogens with zero attached hydrogens (tertiary/aromatic N) is 2. The van der Waals surface area contributed by atoms with Gasteiger partial charge in [0.1, 0.15) is 5.01 Å². The molecular weight excluding hydrogens is 380 g/mol. The molecule has 0 saturated carbocycles. The molecule has 0 aliphatic rings. The highest BCUT2D eigenvalue weighted by atomic mass is 35.5. The van der Waals surface area contributed by atoms with E-state index in [1.165, 1.54) is 23.1 Å². The maximum absolute atomic E-state index is 12.2. The molecule has 2 rings (SSSR count). The molecule has 2 N–H and O–H groups in total. The molecule has 0 fully saturated rings. The van der Waals surface area contributed by atoms with Gasteiger partial charge in [0, 0.05) is 22.5 Å². The van der Waals surface area contributed by atoms with Crippen LogP contribution in [0.2, 0.25) is 5.02 Å². The number of hydrogen-bond acceptors (Lipinski definition) is 6. The molecule has 6 nitrogen and oxygen atoms in total. The van der Waals surface area contributed by atoms with Crippen molar-refractivity contribution in [1.82, 2.24) is 15.5 Å². The zero-order chi connectivity index (χ0) is 18.2. The number of hydrogen-bond donors (Lipinski definition) is 2. The highest BCUT2D eigenvalue weighted by Crippen LogP contribution is 2.19. The third kappa shape index (κ3) is 6.64. The molecule has 1 aromatic heterocycles. The van der Waals surface area contributed by atoms with Crippen molar-refractivity contribution in [3.63, 3.8) is 0 Å². The standard InChI is InChI=1S/C16H19ClN4O2S2/c1-3-10(2)18-13(22)8-24-9-14-20-21-16(25-14)15(23)19-12-6-4-5-11(17)7-12/h4-7,10H,3,8-9H2,1-2H3,(H,18,22)(H,19,23)/t10-/m1/s1. The van der Waals surface area contributed by atoms with Gasteiger partial charge in [0.25, 0.3) is 5.91 Å². The SMILES string of the molecule is CC[C@@H](C)NC(=O)CSCc1nnc(C(=O)Nc2cccc(Cl)c2)s1. The Labute approximate surface area is 159 Å². The lowest BCUT2D eigenvalue weighted by Gasteiger charge is -2.10. The molecule has 0 aliphatic carbocycles. The Kier molecular flexibility index (Phi) is 7.67. The number of amides is 2. The van der Waals surface area contributed by atoms with E-state index in [1.807, 2.05) is 13.8 Å². The highest BCUT2D eigenvalue weighted by molar-refractivity contribution is 7.99. The van der Waals surface area contributed by atoms with E-state index in [0.717, 1.165) is 6.42 Å². The van der Waals surface area contributed by atoms with Gasteiger partial charge in [-0.3, -0.25) is 9.59 Å². The third-order valence-corrected chi connectivity index (χ3v) is 5.51. The first-order chi connectivity index (χ1) is 12.0. The summed E-state index contributed by atoms with van der Waals surface area (Å²) in [7, 11) is 0. The summed E-state index contributed by atoms with van der Waals surface area (Å²) in [4.78, 5) is 23.9. The molecule has 0 unspecified atom stereocenters. The Morgan fingerprint density at radius 3 is 2.88 bits per heavy atom. The normalized spacial score (nSPS) is 11.8. The van der Waals surface area contributed by atoms with Crippen molar-refractivity contribution in [2.75, 3.05) is 11.1 Å². The monoisotopic (exact) mass is 398 g/mol. The summed E-state index contributed by atoms with van der Waals surface area (Å²) in [6, 6.07) is 7.07. The quantitative estimate of drug-likeness (QED) is 0.709. The second-order valence-corrected chi connectivity index (χ2v) is 7.82. The lowest BCUT2D eigenvalue weighted by atomic mass is 10.3. The maximum atomic E-state index is 12.2. The Hall–Kier alpha value is -1.64. The third-order valence-electron chi connectivity index (χ3n) is 3.22. The summed E-state index contributed by atoms with van der Waals surface area (Å²) < 4.78 is 0. The van der Waals surface area contributed by atoms with Crippen LogP contribution in [0.3, 0.4) is 0 Å². The van der Waals surface area contributed by atoms with E-state index in [-0.39, 0.29) is 22.9 Å². The van der Waals surface area contributed by atoms with Gasteiger partial charge in [-0.15, -0.1) is 22.0 Å². The van der Waals surface area contributed by atoms with Gasteiger partial charge in [-0.1, -0.05) is 35.9 Å². The van der Waals surface area contributed by atoms with Gasteiger partial charge in [0.05, 0.1) is 5.75 Å². The number of anilines is 1. The number of rotatable bonds is 8. The average molecular weight is 399 g/mol. The molecule has 25 heavy (non-hydrogen) atoms. The molecule has 0 radical (unpaired) electrons. The Balaban J connectivity index is 1.81. The summed E-state index contributed by atoms with van der Waals surface area (Å²) in [5.41, 5.74) is 0.602. The molecule has 0 saturated heterocycles. The first-order valence-electron chi connectivity index (χ1n) is 7.74. The van der Waals surface area contributed by atoms with E-state index in [1.54, 1.807) is 24.3 Å². The van der Waals surface area contributed by atoms with Gasteiger partial charge in [-0.2, -0.15) is 0 Å². The average Bonchev–Trinajstić information content (AvgIpc) is 3.03. The number of carbonyl (C=O) groups excluding carboxylic acids is 2. The Bertz CT molecular complexity index is 738. The van der Waals surface area contributed by atoms with Crippen LogP contribution < -0.4 is 10.6 Å². The molecule has 9 heteroatoms. The zero-order valence-corrected chi connectivity index (χ0v) is 16.3. The summed E-state index contributed by atoms with van der Waals surface area (Å²) in [6.07, 6.45) is 0.901. The molecule has 0 bridgehead atoms. The first-order valence-corrected chi connectivity index (χ1v) is 10.1. The van der Waals surface area contributed by atoms with Gasteiger partial charge in [0.15, 0.2) is 0 Å². The van der Waals surface area contributed by atoms with Crippen LogP contribution in [0, 0.1) is 0 Å². The lowest BCUT2D eigenvalue weighted by molar-refractivity contribution is -0.119. The molecule has 2 amide bonds. The summed E-state index contributed by atoms with van der Waals surface area (Å²) in [6.45, 7) is 3.99. The largest absolute Gasteiger partial charge is 0.353 e. The van der Waals surface area contributed by atoms with Crippen LogP contribution in [0.15, 0.2) is 24.3 Å². The molecule has 134 valence electrons.